The number of allylic oxidation sites excluding steroid dienone is 1. The molecule has 0 amide bonds. The van der Waals surface area contributed by atoms with E-state index in [0.29, 0.717) is 28.8 Å². The number of hydrogen-bond donors (Lipinski definition) is 1. The number of nitrogens with zero attached hydrogens (tertiary/aromatic N) is 1. The van der Waals surface area contributed by atoms with Gasteiger partial charge in [-0.25, -0.2) is 0 Å². The Labute approximate surface area is 152 Å². The zero-order chi connectivity index (χ0) is 18.1. The predicted octanol–water partition coefficient (Wildman–Crippen LogP) is 2.58. The average molecular weight is 362 g/mol. The molecule has 1 aliphatic heterocycles. The molecule has 0 aromatic heterocycles. The van der Waals surface area contributed by atoms with Crippen LogP contribution in [0.5, 0.6) is 17.2 Å². The fraction of sp³-hybridized carbons (Fsp3) is 0.444. The van der Waals surface area contributed by atoms with E-state index in [-0.39, 0.29) is 11.8 Å². The zero-order valence-electron chi connectivity index (χ0n) is 14.8. The maximum atomic E-state index is 12.6. The smallest absolute Gasteiger partial charge is 0.203 e. The topological polar surface area (TPSA) is 60.0 Å². The van der Waals surface area contributed by atoms with Gasteiger partial charge in [0.05, 0.1) is 27.4 Å². The van der Waals surface area contributed by atoms with Gasteiger partial charge in [-0.3, -0.25) is 4.79 Å². The molecular formula is C18H22N2O4S. The Hall–Kier alpha value is -2.28. The average Bonchev–Trinajstić information content (AvgIpc) is 2.63. The number of carbonyl (C=O) groups is 1. The van der Waals surface area contributed by atoms with E-state index in [1.165, 1.54) is 0 Å². The number of hydrogen-bond acceptors (Lipinski definition) is 5. The molecule has 6 nitrogen and oxygen atoms in total. The second kappa shape index (κ2) is 6.92. The minimum atomic E-state index is -0.319. The summed E-state index contributed by atoms with van der Waals surface area (Å²) in [5.74, 6) is 1.78. The molecule has 3 rings (SSSR count). The highest BCUT2D eigenvalue weighted by atomic mass is 32.1. The summed E-state index contributed by atoms with van der Waals surface area (Å²) in [6.45, 7) is 0. The van der Waals surface area contributed by atoms with Crippen molar-refractivity contribution in [2.75, 3.05) is 28.4 Å². The van der Waals surface area contributed by atoms with Crippen LogP contribution in [0.15, 0.2) is 23.4 Å². The number of rotatable bonds is 4. The lowest BCUT2D eigenvalue weighted by molar-refractivity contribution is -0.116. The molecule has 1 aliphatic carbocycles. The Morgan fingerprint density at radius 3 is 2.32 bits per heavy atom. The maximum absolute atomic E-state index is 12.6. The summed E-state index contributed by atoms with van der Waals surface area (Å²) in [6, 6.07) is 3.40. The Balaban J connectivity index is 2.16. The van der Waals surface area contributed by atoms with Gasteiger partial charge in [0.2, 0.25) is 5.75 Å². The van der Waals surface area contributed by atoms with Gasteiger partial charge in [-0.05, 0) is 42.8 Å². The van der Waals surface area contributed by atoms with Crippen molar-refractivity contribution >= 4 is 23.1 Å². The first-order chi connectivity index (χ1) is 12.0. The SMILES string of the molecule is COc1cc(C2NC(=S)N(C)C3=C2C(=O)CCC3)cc(OC)c1OC. The highest BCUT2D eigenvalue weighted by molar-refractivity contribution is 7.80. The monoisotopic (exact) mass is 362 g/mol. The van der Waals surface area contributed by atoms with Crippen molar-refractivity contribution in [3.8, 4) is 17.2 Å². The molecule has 0 saturated carbocycles. The molecular weight excluding hydrogens is 340 g/mol. The van der Waals surface area contributed by atoms with Crippen molar-refractivity contribution in [3.63, 3.8) is 0 Å². The lowest BCUT2D eigenvalue weighted by Gasteiger charge is -2.39. The molecule has 134 valence electrons. The number of ether oxygens (including phenoxy) is 3. The highest BCUT2D eigenvalue weighted by Crippen LogP contribution is 2.43. The second-order valence-corrected chi connectivity index (χ2v) is 6.42. The molecule has 1 aromatic carbocycles. The van der Waals surface area contributed by atoms with E-state index in [1.54, 1.807) is 21.3 Å². The fourth-order valence-electron chi connectivity index (χ4n) is 3.46. The normalized spacial score (nSPS) is 20.2. The van der Waals surface area contributed by atoms with Crippen LogP contribution in [-0.4, -0.2) is 44.2 Å². The summed E-state index contributed by atoms with van der Waals surface area (Å²) in [6.07, 6.45) is 2.26. The van der Waals surface area contributed by atoms with Gasteiger partial charge in [0, 0.05) is 24.7 Å². The Kier molecular flexibility index (Phi) is 4.85. The van der Waals surface area contributed by atoms with Crippen LogP contribution in [0, 0.1) is 0 Å². The summed E-state index contributed by atoms with van der Waals surface area (Å²) in [5.41, 5.74) is 2.63. The van der Waals surface area contributed by atoms with Crippen LogP contribution in [0.1, 0.15) is 30.9 Å². The zero-order valence-corrected chi connectivity index (χ0v) is 15.7. The molecule has 2 aliphatic rings. The van der Waals surface area contributed by atoms with Crippen molar-refractivity contribution < 1.29 is 19.0 Å². The number of methoxy groups -OCH3 is 3. The second-order valence-electron chi connectivity index (χ2n) is 6.04. The lowest BCUT2D eigenvalue weighted by atomic mass is 9.85. The molecule has 0 saturated heterocycles. The molecule has 0 radical (unpaired) electrons. The van der Waals surface area contributed by atoms with Crippen molar-refractivity contribution in [1.82, 2.24) is 10.2 Å². The van der Waals surface area contributed by atoms with Crippen LogP contribution in [-0.2, 0) is 4.79 Å². The maximum Gasteiger partial charge on any atom is 0.203 e. The van der Waals surface area contributed by atoms with Crippen molar-refractivity contribution in [2.24, 2.45) is 0 Å². The van der Waals surface area contributed by atoms with Crippen LogP contribution in [0.25, 0.3) is 0 Å². The van der Waals surface area contributed by atoms with Gasteiger partial charge in [0.25, 0.3) is 0 Å². The van der Waals surface area contributed by atoms with E-state index in [2.05, 4.69) is 5.32 Å². The number of benzene rings is 1. The first-order valence-corrected chi connectivity index (χ1v) is 8.53. The van der Waals surface area contributed by atoms with Crippen molar-refractivity contribution in [2.45, 2.75) is 25.3 Å². The van der Waals surface area contributed by atoms with Gasteiger partial charge in [-0.15, -0.1) is 0 Å². The van der Waals surface area contributed by atoms with E-state index in [9.17, 15) is 4.79 Å². The Bertz CT molecular complexity index is 734. The molecule has 1 aromatic rings. The van der Waals surface area contributed by atoms with Gasteiger partial charge in [0.1, 0.15) is 0 Å². The number of ketones is 1. The third-order valence-electron chi connectivity index (χ3n) is 4.72. The van der Waals surface area contributed by atoms with E-state index in [0.717, 1.165) is 29.7 Å². The minimum absolute atomic E-state index is 0.154. The largest absolute Gasteiger partial charge is 0.493 e. The minimum Gasteiger partial charge on any atom is -0.493 e. The van der Waals surface area contributed by atoms with E-state index in [4.69, 9.17) is 26.4 Å². The van der Waals surface area contributed by atoms with E-state index in [1.807, 2.05) is 24.1 Å². The van der Waals surface area contributed by atoms with Crippen LogP contribution in [0.3, 0.4) is 0 Å². The Morgan fingerprint density at radius 1 is 1.12 bits per heavy atom. The summed E-state index contributed by atoms with van der Waals surface area (Å²) in [5, 5.41) is 3.88. The van der Waals surface area contributed by atoms with Crippen molar-refractivity contribution in [1.29, 1.82) is 0 Å². The van der Waals surface area contributed by atoms with Gasteiger partial charge >= 0.3 is 0 Å². The number of carbonyl (C=O) groups excluding carboxylic acids is 1. The van der Waals surface area contributed by atoms with E-state index >= 15 is 0 Å². The molecule has 1 heterocycles. The number of Topliss-reactive ketones (excluding diaryl/α,β-unsaturated/α-hetero) is 1. The van der Waals surface area contributed by atoms with Gasteiger partial charge < -0.3 is 24.4 Å². The molecule has 7 heteroatoms. The highest BCUT2D eigenvalue weighted by Gasteiger charge is 2.36. The summed E-state index contributed by atoms with van der Waals surface area (Å²) in [7, 11) is 6.61. The first-order valence-electron chi connectivity index (χ1n) is 8.12. The Morgan fingerprint density at radius 2 is 1.76 bits per heavy atom. The fourth-order valence-corrected chi connectivity index (χ4v) is 3.68. The number of thiocarbonyl (C=S) groups is 1. The van der Waals surface area contributed by atoms with E-state index < -0.39 is 0 Å². The van der Waals surface area contributed by atoms with Crippen LogP contribution >= 0.6 is 12.2 Å². The molecule has 1 atom stereocenters. The molecule has 0 spiro atoms. The third kappa shape index (κ3) is 2.93. The quantitative estimate of drug-likeness (QED) is 0.826. The van der Waals surface area contributed by atoms with Gasteiger partial charge in [-0.1, -0.05) is 0 Å². The summed E-state index contributed by atoms with van der Waals surface area (Å²) < 4.78 is 16.3. The first kappa shape index (κ1) is 17.5. The summed E-state index contributed by atoms with van der Waals surface area (Å²) >= 11 is 5.47. The molecule has 0 fully saturated rings. The van der Waals surface area contributed by atoms with Gasteiger partial charge in [-0.2, -0.15) is 0 Å². The standard InChI is InChI=1S/C18H22N2O4S/c1-20-11-6-5-7-12(21)15(11)16(19-18(20)25)10-8-13(22-2)17(24-4)14(9-10)23-3/h8-9,16H,5-7H2,1-4H3,(H,19,25). The molecule has 1 N–H and O–H groups in total. The van der Waals surface area contributed by atoms with Crippen molar-refractivity contribution in [3.05, 3.63) is 29.0 Å². The van der Waals surface area contributed by atoms with Crippen LogP contribution < -0.4 is 19.5 Å². The third-order valence-corrected chi connectivity index (χ3v) is 5.11. The summed E-state index contributed by atoms with van der Waals surface area (Å²) in [4.78, 5) is 14.5. The molecule has 25 heavy (non-hydrogen) atoms. The van der Waals surface area contributed by atoms with Gasteiger partial charge in [0.15, 0.2) is 22.4 Å². The molecule has 1 unspecified atom stereocenters. The number of nitrogens with one attached hydrogen (secondary N) is 1. The lowest BCUT2D eigenvalue weighted by Crippen LogP contribution is -2.47. The molecule has 0 bridgehead atoms. The van der Waals surface area contributed by atoms with Crippen LogP contribution in [0.2, 0.25) is 0 Å². The van der Waals surface area contributed by atoms with Crippen LogP contribution in [0.4, 0.5) is 0 Å². The predicted molar refractivity (Wildman–Crippen MR) is 98.2 cm³/mol.